The van der Waals surface area contributed by atoms with Gasteiger partial charge >= 0.3 is 0 Å². The van der Waals surface area contributed by atoms with Gasteiger partial charge in [-0.1, -0.05) is 0 Å². The molecule has 21 heavy (non-hydrogen) atoms. The Labute approximate surface area is 123 Å². The first-order valence-electron chi connectivity index (χ1n) is 7.34. The van der Waals surface area contributed by atoms with Gasteiger partial charge in [0.05, 0.1) is 17.6 Å². The Morgan fingerprint density at radius 1 is 1.62 bits per heavy atom. The summed E-state index contributed by atoms with van der Waals surface area (Å²) in [5.41, 5.74) is 0.663. The highest BCUT2D eigenvalue weighted by atomic mass is 16.6. The number of morpholine rings is 1. The molecule has 7 nitrogen and oxygen atoms in total. The fourth-order valence-electron chi connectivity index (χ4n) is 3.06. The van der Waals surface area contributed by atoms with Crippen LogP contribution < -0.4 is 5.32 Å². The van der Waals surface area contributed by atoms with Gasteiger partial charge in [0.25, 0.3) is 5.69 Å². The molecule has 1 aromatic rings. The van der Waals surface area contributed by atoms with Crippen molar-refractivity contribution in [3.63, 3.8) is 0 Å². The van der Waals surface area contributed by atoms with E-state index in [-0.39, 0.29) is 11.8 Å². The van der Waals surface area contributed by atoms with Crippen molar-refractivity contribution in [3.05, 3.63) is 27.9 Å². The van der Waals surface area contributed by atoms with E-state index < -0.39 is 4.92 Å². The Morgan fingerprint density at radius 2 is 2.48 bits per heavy atom. The summed E-state index contributed by atoms with van der Waals surface area (Å²) in [6.07, 6.45) is 3.95. The first kappa shape index (κ1) is 14.2. The van der Waals surface area contributed by atoms with Crippen molar-refractivity contribution in [1.82, 2.24) is 9.88 Å². The van der Waals surface area contributed by atoms with E-state index in [2.05, 4.69) is 15.2 Å². The van der Waals surface area contributed by atoms with Gasteiger partial charge in [0.15, 0.2) is 0 Å². The van der Waals surface area contributed by atoms with E-state index in [0.717, 1.165) is 13.2 Å². The van der Waals surface area contributed by atoms with Crippen LogP contribution in [0, 0.1) is 17.0 Å². The van der Waals surface area contributed by atoms with Crippen molar-refractivity contribution in [3.8, 4) is 0 Å². The summed E-state index contributed by atoms with van der Waals surface area (Å²) in [6.45, 7) is 5.31. The number of aromatic nitrogens is 1. The third-order valence-corrected chi connectivity index (χ3v) is 4.25. The van der Waals surface area contributed by atoms with E-state index in [4.69, 9.17) is 4.74 Å². The summed E-state index contributed by atoms with van der Waals surface area (Å²) >= 11 is 0. The zero-order valence-corrected chi connectivity index (χ0v) is 12.1. The molecule has 114 valence electrons. The zero-order valence-electron chi connectivity index (χ0n) is 12.1. The summed E-state index contributed by atoms with van der Waals surface area (Å²) in [5, 5.41) is 14.0. The van der Waals surface area contributed by atoms with E-state index in [0.29, 0.717) is 24.0 Å². The number of nitro groups is 1. The fraction of sp³-hybridized carbons (Fsp3) is 0.643. The number of pyridine rings is 1. The molecule has 2 saturated heterocycles. The van der Waals surface area contributed by atoms with E-state index in [1.807, 2.05) is 0 Å². The average molecular weight is 292 g/mol. The summed E-state index contributed by atoms with van der Waals surface area (Å²) in [6, 6.07) is 2.31. The van der Waals surface area contributed by atoms with Gasteiger partial charge in [0.1, 0.15) is 12.0 Å². The summed E-state index contributed by atoms with van der Waals surface area (Å²) in [7, 11) is 0. The standard InChI is InChI=1S/C14H20N4O3/c1-10-5-14(16-7-13(10)18(19)20)15-6-12-8-17-4-2-3-11(17)9-21-12/h5,7,11-12H,2-4,6,8-9H2,1H3,(H,15,16). The molecule has 0 bridgehead atoms. The molecule has 2 atom stereocenters. The molecule has 0 saturated carbocycles. The maximum absolute atomic E-state index is 10.8. The first-order valence-corrected chi connectivity index (χ1v) is 7.34. The molecule has 0 amide bonds. The lowest BCUT2D eigenvalue weighted by Crippen LogP contribution is -2.48. The molecule has 2 unspecified atom stereocenters. The molecule has 0 aliphatic carbocycles. The maximum Gasteiger partial charge on any atom is 0.290 e. The minimum Gasteiger partial charge on any atom is -0.373 e. The largest absolute Gasteiger partial charge is 0.373 e. The third kappa shape index (κ3) is 3.14. The van der Waals surface area contributed by atoms with Gasteiger partial charge in [-0.25, -0.2) is 4.98 Å². The highest BCUT2D eigenvalue weighted by Crippen LogP contribution is 2.23. The third-order valence-electron chi connectivity index (χ3n) is 4.25. The predicted octanol–water partition coefficient (Wildman–Crippen LogP) is 1.57. The van der Waals surface area contributed by atoms with Gasteiger partial charge in [-0.15, -0.1) is 0 Å². The van der Waals surface area contributed by atoms with Crippen LogP contribution in [0.5, 0.6) is 0 Å². The van der Waals surface area contributed by atoms with Crippen LogP contribution >= 0.6 is 0 Å². The highest BCUT2D eigenvalue weighted by Gasteiger charge is 2.32. The number of fused-ring (bicyclic) bond motifs is 1. The number of rotatable bonds is 4. The van der Waals surface area contributed by atoms with Crippen molar-refractivity contribution in [2.75, 3.05) is 31.6 Å². The van der Waals surface area contributed by atoms with Gasteiger partial charge in [0, 0.05) is 24.7 Å². The molecular weight excluding hydrogens is 272 g/mol. The molecule has 2 aliphatic heterocycles. The Hall–Kier alpha value is -1.73. The van der Waals surface area contributed by atoms with Crippen LogP contribution in [0.3, 0.4) is 0 Å². The topological polar surface area (TPSA) is 80.5 Å². The monoisotopic (exact) mass is 292 g/mol. The number of aryl methyl sites for hydroxylation is 1. The normalized spacial score (nSPS) is 25.6. The molecule has 0 spiro atoms. The summed E-state index contributed by atoms with van der Waals surface area (Å²) in [5.74, 6) is 0.658. The second-order valence-electron chi connectivity index (χ2n) is 5.74. The van der Waals surface area contributed by atoms with Crippen molar-refractivity contribution < 1.29 is 9.66 Å². The van der Waals surface area contributed by atoms with Gasteiger partial charge in [0.2, 0.25) is 0 Å². The van der Waals surface area contributed by atoms with Crippen molar-refractivity contribution in [2.45, 2.75) is 31.9 Å². The first-order chi connectivity index (χ1) is 10.1. The van der Waals surface area contributed by atoms with Gasteiger partial charge in [-0.3, -0.25) is 15.0 Å². The van der Waals surface area contributed by atoms with Crippen LogP contribution in [0.2, 0.25) is 0 Å². The highest BCUT2D eigenvalue weighted by molar-refractivity contribution is 5.46. The Kier molecular flexibility index (Phi) is 4.03. The van der Waals surface area contributed by atoms with E-state index in [1.54, 1.807) is 13.0 Å². The van der Waals surface area contributed by atoms with Crippen LogP contribution in [0.25, 0.3) is 0 Å². The number of anilines is 1. The molecule has 3 heterocycles. The second kappa shape index (κ2) is 5.95. The molecular formula is C14H20N4O3. The van der Waals surface area contributed by atoms with Crippen LogP contribution in [-0.4, -0.2) is 53.2 Å². The van der Waals surface area contributed by atoms with Crippen LogP contribution in [0.1, 0.15) is 18.4 Å². The van der Waals surface area contributed by atoms with Gasteiger partial charge in [-0.2, -0.15) is 0 Å². The molecule has 0 radical (unpaired) electrons. The van der Waals surface area contributed by atoms with E-state index in [1.165, 1.54) is 25.6 Å². The Bertz CT molecular complexity index is 537. The molecule has 1 N–H and O–H groups in total. The molecule has 3 rings (SSSR count). The molecule has 1 aromatic heterocycles. The Balaban J connectivity index is 1.55. The van der Waals surface area contributed by atoms with Gasteiger partial charge in [-0.05, 0) is 32.4 Å². The predicted molar refractivity (Wildman–Crippen MR) is 78.5 cm³/mol. The lowest BCUT2D eigenvalue weighted by atomic mass is 10.2. The van der Waals surface area contributed by atoms with E-state index >= 15 is 0 Å². The lowest BCUT2D eigenvalue weighted by molar-refractivity contribution is -0.385. The second-order valence-corrected chi connectivity index (χ2v) is 5.74. The number of nitrogens with one attached hydrogen (secondary N) is 1. The van der Waals surface area contributed by atoms with Crippen LogP contribution in [0.15, 0.2) is 12.3 Å². The minimum atomic E-state index is -0.413. The summed E-state index contributed by atoms with van der Waals surface area (Å²) in [4.78, 5) is 16.9. The Morgan fingerprint density at radius 3 is 3.24 bits per heavy atom. The number of nitrogens with zero attached hydrogens (tertiary/aromatic N) is 3. The lowest BCUT2D eigenvalue weighted by Gasteiger charge is -2.35. The zero-order chi connectivity index (χ0) is 14.8. The number of hydrogen-bond donors (Lipinski definition) is 1. The van der Waals surface area contributed by atoms with E-state index in [9.17, 15) is 10.1 Å². The maximum atomic E-state index is 10.8. The summed E-state index contributed by atoms with van der Waals surface area (Å²) < 4.78 is 5.87. The number of hydrogen-bond acceptors (Lipinski definition) is 6. The quantitative estimate of drug-likeness (QED) is 0.670. The molecule has 7 heteroatoms. The van der Waals surface area contributed by atoms with Gasteiger partial charge < -0.3 is 10.1 Å². The molecule has 0 aromatic carbocycles. The fourth-order valence-corrected chi connectivity index (χ4v) is 3.06. The van der Waals surface area contributed by atoms with Crippen LogP contribution in [-0.2, 0) is 4.74 Å². The van der Waals surface area contributed by atoms with Crippen molar-refractivity contribution >= 4 is 11.5 Å². The molecule has 2 fully saturated rings. The minimum absolute atomic E-state index is 0.0503. The average Bonchev–Trinajstić information content (AvgIpc) is 2.92. The van der Waals surface area contributed by atoms with Crippen molar-refractivity contribution in [1.29, 1.82) is 0 Å². The smallest absolute Gasteiger partial charge is 0.290 e. The SMILES string of the molecule is Cc1cc(NCC2CN3CCCC3CO2)ncc1[N+](=O)[O-]. The number of ether oxygens (including phenoxy) is 1. The van der Waals surface area contributed by atoms with Crippen molar-refractivity contribution in [2.24, 2.45) is 0 Å². The van der Waals surface area contributed by atoms with Crippen LogP contribution in [0.4, 0.5) is 11.5 Å². The molecule has 2 aliphatic rings.